The fourth-order valence-corrected chi connectivity index (χ4v) is 6.55. The molecule has 1 saturated heterocycles. The van der Waals surface area contributed by atoms with Gasteiger partial charge in [-0.05, 0) is 67.2 Å². The molecule has 39 heavy (non-hydrogen) atoms. The van der Waals surface area contributed by atoms with Crippen molar-refractivity contribution < 1.29 is 9.90 Å². The highest BCUT2D eigenvalue weighted by molar-refractivity contribution is 5.77. The number of aromatic nitrogens is 3. The molecule has 202 valence electrons. The minimum absolute atomic E-state index is 0.0562. The highest BCUT2D eigenvalue weighted by atomic mass is 16.4. The van der Waals surface area contributed by atoms with Crippen molar-refractivity contribution in [1.82, 2.24) is 14.6 Å². The van der Waals surface area contributed by atoms with E-state index in [0.717, 1.165) is 66.3 Å². The summed E-state index contributed by atoms with van der Waals surface area (Å²) in [5, 5.41) is 14.8. The van der Waals surface area contributed by atoms with Crippen LogP contribution < -0.4 is 4.90 Å². The van der Waals surface area contributed by atoms with Crippen molar-refractivity contribution in [2.45, 2.75) is 71.6 Å². The van der Waals surface area contributed by atoms with Gasteiger partial charge >= 0.3 is 5.97 Å². The molecule has 1 N–H and O–H groups in total. The second-order valence-electron chi connectivity index (χ2n) is 11.8. The smallest absolute Gasteiger partial charge is 0.308 e. The van der Waals surface area contributed by atoms with Crippen LogP contribution in [0.3, 0.4) is 0 Å². The zero-order valence-electron chi connectivity index (χ0n) is 23.1. The Morgan fingerprint density at radius 3 is 2.54 bits per heavy atom. The number of anilines is 1. The average molecular weight is 523 g/mol. The third kappa shape index (κ3) is 5.17. The Hall–Kier alpha value is -3.67. The monoisotopic (exact) mass is 522 g/mol. The quantitative estimate of drug-likeness (QED) is 0.304. The molecule has 6 nitrogen and oxygen atoms in total. The highest BCUT2D eigenvalue weighted by Gasteiger charge is 2.32. The Bertz CT molecular complexity index is 1510. The number of fused-ring (bicyclic) bond motifs is 7. The molecule has 0 atom stereocenters. The lowest BCUT2D eigenvalue weighted by Crippen LogP contribution is -2.40. The summed E-state index contributed by atoms with van der Waals surface area (Å²) in [7, 11) is 0. The highest BCUT2D eigenvalue weighted by Crippen LogP contribution is 2.39. The number of carbonyl (C=O) groups is 1. The second-order valence-corrected chi connectivity index (χ2v) is 11.8. The van der Waals surface area contributed by atoms with Gasteiger partial charge in [-0.2, -0.15) is 9.61 Å². The molecule has 1 fully saturated rings. The van der Waals surface area contributed by atoms with Crippen LogP contribution in [0, 0.1) is 12.3 Å². The van der Waals surface area contributed by atoms with Gasteiger partial charge in [-0.1, -0.05) is 68.7 Å². The van der Waals surface area contributed by atoms with Crippen LogP contribution in [-0.4, -0.2) is 38.8 Å². The van der Waals surface area contributed by atoms with E-state index >= 15 is 0 Å². The Kier molecular flexibility index (Phi) is 6.88. The number of carboxylic acids is 1. The van der Waals surface area contributed by atoms with E-state index in [4.69, 9.17) is 10.1 Å². The average Bonchev–Trinajstić information content (AvgIpc) is 3.35. The predicted molar refractivity (Wildman–Crippen MR) is 156 cm³/mol. The van der Waals surface area contributed by atoms with E-state index in [-0.39, 0.29) is 6.42 Å². The number of hydrogen-bond acceptors (Lipinski definition) is 4. The molecule has 6 bridgehead atoms. The van der Waals surface area contributed by atoms with E-state index in [1.807, 2.05) is 17.5 Å². The molecule has 0 aliphatic carbocycles. The molecular formula is C33H38N4O2. The van der Waals surface area contributed by atoms with Crippen LogP contribution in [0.2, 0.25) is 0 Å². The maximum absolute atomic E-state index is 11.9. The van der Waals surface area contributed by atoms with Gasteiger partial charge in [0.05, 0.1) is 12.1 Å². The lowest BCUT2D eigenvalue weighted by Gasteiger charge is -2.41. The molecule has 4 aromatic rings. The lowest BCUT2D eigenvalue weighted by molar-refractivity contribution is -0.136. The van der Waals surface area contributed by atoms with E-state index < -0.39 is 5.97 Å². The normalized spacial score (nSPS) is 17.4. The summed E-state index contributed by atoms with van der Waals surface area (Å²) in [6.07, 6.45) is 9.52. The first kappa shape index (κ1) is 25.6. The van der Waals surface area contributed by atoms with E-state index in [1.54, 1.807) is 0 Å². The molecule has 0 spiro atoms. The van der Waals surface area contributed by atoms with Crippen molar-refractivity contribution in [2.75, 3.05) is 18.0 Å². The first-order valence-corrected chi connectivity index (χ1v) is 14.4. The fourth-order valence-electron chi connectivity index (χ4n) is 6.55. The minimum atomic E-state index is -0.841. The van der Waals surface area contributed by atoms with Gasteiger partial charge in [0.25, 0.3) is 0 Å². The number of aryl methyl sites for hydroxylation is 2. The van der Waals surface area contributed by atoms with Gasteiger partial charge in [0.15, 0.2) is 5.65 Å². The molecule has 3 aliphatic rings. The van der Waals surface area contributed by atoms with Gasteiger partial charge in [0.1, 0.15) is 5.82 Å². The SMILES string of the molecule is Cc1nc2cc3nn2c(c1CC(=O)O)N1CCC(C)(CCCCCCc2ccccc2-c2cccc-3c2)CC1. The fraction of sp³-hybridized carbons (Fsp3) is 0.424. The summed E-state index contributed by atoms with van der Waals surface area (Å²) in [5.74, 6) is 0.0548. The summed E-state index contributed by atoms with van der Waals surface area (Å²) >= 11 is 0. The van der Waals surface area contributed by atoms with Crippen molar-refractivity contribution in [3.05, 3.63) is 71.4 Å². The molecule has 2 aromatic heterocycles. The van der Waals surface area contributed by atoms with Crippen LogP contribution in [0.5, 0.6) is 0 Å². The Balaban J connectivity index is 1.50. The summed E-state index contributed by atoms with van der Waals surface area (Å²) in [6.45, 7) is 6.18. The first-order valence-electron chi connectivity index (χ1n) is 14.4. The molecular weight excluding hydrogens is 484 g/mol. The summed E-state index contributed by atoms with van der Waals surface area (Å²) < 4.78 is 1.90. The maximum atomic E-state index is 11.9. The van der Waals surface area contributed by atoms with Gasteiger partial charge < -0.3 is 10.0 Å². The number of rotatable bonds is 2. The molecule has 3 aliphatic heterocycles. The molecule has 7 rings (SSSR count). The van der Waals surface area contributed by atoms with E-state index in [1.165, 1.54) is 48.8 Å². The molecule has 0 unspecified atom stereocenters. The van der Waals surface area contributed by atoms with Gasteiger partial charge in [-0.25, -0.2) is 4.98 Å². The molecule has 0 saturated carbocycles. The number of nitrogens with zero attached hydrogens (tertiary/aromatic N) is 4. The van der Waals surface area contributed by atoms with Crippen molar-refractivity contribution in [3.63, 3.8) is 0 Å². The Morgan fingerprint density at radius 2 is 1.72 bits per heavy atom. The van der Waals surface area contributed by atoms with Crippen LogP contribution in [0.4, 0.5) is 5.82 Å². The molecule has 5 heterocycles. The van der Waals surface area contributed by atoms with Crippen LogP contribution in [0.25, 0.3) is 28.0 Å². The number of carboxylic acid groups (broad SMARTS) is 1. The lowest BCUT2D eigenvalue weighted by atomic mass is 9.76. The van der Waals surface area contributed by atoms with E-state index in [9.17, 15) is 9.90 Å². The molecule has 0 radical (unpaired) electrons. The van der Waals surface area contributed by atoms with Gasteiger partial charge in [-0.15, -0.1) is 0 Å². The predicted octanol–water partition coefficient (Wildman–Crippen LogP) is 7.11. The van der Waals surface area contributed by atoms with Crippen molar-refractivity contribution in [3.8, 4) is 22.4 Å². The van der Waals surface area contributed by atoms with E-state index in [2.05, 4.69) is 60.4 Å². The number of benzene rings is 2. The van der Waals surface area contributed by atoms with Gasteiger partial charge in [0.2, 0.25) is 0 Å². The zero-order valence-corrected chi connectivity index (χ0v) is 23.1. The molecule has 2 aromatic carbocycles. The van der Waals surface area contributed by atoms with Crippen molar-refractivity contribution in [1.29, 1.82) is 0 Å². The van der Waals surface area contributed by atoms with Crippen LogP contribution in [0.15, 0.2) is 54.6 Å². The van der Waals surface area contributed by atoms with Crippen LogP contribution in [0.1, 0.15) is 68.7 Å². The van der Waals surface area contributed by atoms with Crippen LogP contribution >= 0.6 is 0 Å². The Labute approximate surface area is 230 Å². The van der Waals surface area contributed by atoms with Gasteiger partial charge in [0, 0.05) is 36.0 Å². The number of aliphatic carboxylic acids is 1. The zero-order chi connectivity index (χ0) is 27.0. The summed E-state index contributed by atoms with van der Waals surface area (Å²) in [4.78, 5) is 19.1. The molecule has 6 heteroatoms. The third-order valence-electron chi connectivity index (χ3n) is 8.94. The standard InChI is InChI=1S/C33H38N4O2/c1-23-28(21-31(38)39)32-36-18-16-33(2,17-19-36)15-8-4-3-5-10-24-11-6-7-14-27(24)25-12-9-13-26(20-25)29-22-30(34-23)37(32)35-29/h6-7,9,11-14,20,22H,3-5,8,10,15-19,21H2,1-2H3,(H,38,39). The summed E-state index contributed by atoms with van der Waals surface area (Å²) in [6, 6.07) is 19.4. The third-order valence-corrected chi connectivity index (χ3v) is 8.94. The number of hydrogen-bond donors (Lipinski definition) is 1. The van der Waals surface area contributed by atoms with Crippen molar-refractivity contribution in [2.24, 2.45) is 5.41 Å². The molecule has 0 amide bonds. The van der Waals surface area contributed by atoms with Gasteiger partial charge in [-0.3, -0.25) is 4.79 Å². The van der Waals surface area contributed by atoms with E-state index in [0.29, 0.717) is 5.41 Å². The minimum Gasteiger partial charge on any atom is -0.481 e. The van der Waals surface area contributed by atoms with Crippen LogP contribution in [-0.2, 0) is 17.6 Å². The number of piperidine rings is 1. The first-order chi connectivity index (χ1) is 18.9. The topological polar surface area (TPSA) is 70.7 Å². The second kappa shape index (κ2) is 10.5. The Morgan fingerprint density at radius 1 is 0.949 bits per heavy atom. The van der Waals surface area contributed by atoms with Crippen molar-refractivity contribution >= 4 is 17.4 Å². The summed E-state index contributed by atoms with van der Waals surface area (Å²) in [5.41, 5.74) is 8.41. The largest absolute Gasteiger partial charge is 0.481 e. The maximum Gasteiger partial charge on any atom is 0.308 e.